The number of rotatable bonds is 6. The third-order valence-electron chi connectivity index (χ3n) is 5.49. The Balaban J connectivity index is 1.64. The van der Waals surface area contributed by atoms with Crippen LogP contribution in [0.2, 0.25) is 0 Å². The summed E-state index contributed by atoms with van der Waals surface area (Å²) in [6.07, 6.45) is 7.80. The van der Waals surface area contributed by atoms with E-state index in [1.54, 1.807) is 10.9 Å². The number of alkyl halides is 1. The number of benzene rings is 1. The van der Waals surface area contributed by atoms with Gasteiger partial charge in [-0.05, 0) is 44.9 Å². The minimum Gasteiger partial charge on any atom is -0.362 e. The number of hydrogen-bond acceptors (Lipinski definition) is 5. The van der Waals surface area contributed by atoms with Crippen LogP contribution in [0.15, 0.2) is 43.2 Å². The summed E-state index contributed by atoms with van der Waals surface area (Å²) in [6, 6.07) is 7.13. The highest BCUT2D eigenvalue weighted by molar-refractivity contribution is 5.83. The third kappa shape index (κ3) is 3.32. The molecule has 2 atom stereocenters. The van der Waals surface area contributed by atoms with Crippen LogP contribution in [-0.4, -0.2) is 38.5 Å². The van der Waals surface area contributed by atoms with Gasteiger partial charge in [0.15, 0.2) is 0 Å². The molecule has 1 aliphatic rings. The number of halogens is 1. The van der Waals surface area contributed by atoms with E-state index in [1.807, 2.05) is 19.2 Å². The molecule has 1 N–H and O–H groups in total. The number of fused-ring (bicyclic) bond motifs is 1. The molecule has 1 saturated heterocycles. The Hall–Kier alpha value is -2.96. The van der Waals surface area contributed by atoms with Gasteiger partial charge in [-0.15, -0.1) is 6.58 Å². The van der Waals surface area contributed by atoms with E-state index < -0.39 is 6.67 Å². The van der Waals surface area contributed by atoms with Crippen molar-refractivity contribution in [1.82, 2.24) is 19.7 Å². The minimum atomic E-state index is -0.447. The summed E-state index contributed by atoms with van der Waals surface area (Å²) in [5.41, 5.74) is 3.67. The Labute approximate surface area is 164 Å². The summed E-state index contributed by atoms with van der Waals surface area (Å²) in [6.45, 7) is 7.93. The first kappa shape index (κ1) is 18.4. The van der Waals surface area contributed by atoms with Crippen molar-refractivity contribution in [3.05, 3.63) is 48.9 Å². The summed E-state index contributed by atoms with van der Waals surface area (Å²) in [5, 5.41) is 8.39. The van der Waals surface area contributed by atoms with E-state index in [1.165, 1.54) is 0 Å². The molecule has 0 amide bonds. The molecule has 28 heavy (non-hydrogen) atoms. The molecule has 1 aliphatic heterocycles. The maximum absolute atomic E-state index is 12.6. The summed E-state index contributed by atoms with van der Waals surface area (Å²) in [4.78, 5) is 11.5. The second kappa shape index (κ2) is 7.58. The van der Waals surface area contributed by atoms with Crippen LogP contribution in [0, 0.1) is 6.92 Å². The van der Waals surface area contributed by atoms with Crippen molar-refractivity contribution < 1.29 is 4.39 Å². The van der Waals surface area contributed by atoms with Gasteiger partial charge < -0.3 is 10.2 Å². The quantitative estimate of drug-likeness (QED) is 0.643. The van der Waals surface area contributed by atoms with Crippen LogP contribution in [-0.2, 0) is 6.54 Å². The summed E-state index contributed by atoms with van der Waals surface area (Å²) < 4.78 is 14.2. The van der Waals surface area contributed by atoms with Gasteiger partial charge in [-0.1, -0.05) is 6.08 Å². The van der Waals surface area contributed by atoms with E-state index in [4.69, 9.17) is 0 Å². The van der Waals surface area contributed by atoms with Gasteiger partial charge in [-0.2, -0.15) is 5.10 Å². The molecule has 1 aromatic carbocycles. The molecule has 0 bridgehead atoms. The standard InChI is InChI=1S/C21H25FN6/c1-4-17-7-5-14(2)28(17)18-8-6-16-12-23-21(25-19(16)11-18)26-20-13-24-27(10-9-22)15(20)3/h4,6,8,11-14,17H,1,5,7,9-10H2,2-3H3,(H,23,25,26)/t14-,17-/m1/s1. The lowest BCUT2D eigenvalue weighted by atomic mass is 10.2. The van der Waals surface area contributed by atoms with Crippen molar-refractivity contribution in [2.24, 2.45) is 0 Å². The first-order valence-electron chi connectivity index (χ1n) is 9.64. The lowest BCUT2D eigenvalue weighted by molar-refractivity contribution is 0.423. The topological polar surface area (TPSA) is 58.9 Å². The molecular formula is C21H25FN6. The maximum Gasteiger partial charge on any atom is 0.227 e. The third-order valence-corrected chi connectivity index (χ3v) is 5.49. The number of aromatic nitrogens is 4. The van der Waals surface area contributed by atoms with Crippen LogP contribution in [0.4, 0.5) is 21.7 Å². The second-order valence-corrected chi connectivity index (χ2v) is 7.25. The van der Waals surface area contributed by atoms with Gasteiger partial charge in [-0.3, -0.25) is 4.68 Å². The minimum absolute atomic E-state index is 0.244. The molecule has 7 heteroatoms. The van der Waals surface area contributed by atoms with E-state index in [-0.39, 0.29) is 6.54 Å². The van der Waals surface area contributed by atoms with E-state index in [0.29, 0.717) is 18.0 Å². The lowest BCUT2D eigenvalue weighted by Crippen LogP contribution is -2.33. The van der Waals surface area contributed by atoms with Gasteiger partial charge in [0.1, 0.15) is 6.67 Å². The number of aryl methyl sites for hydroxylation is 1. The SMILES string of the molecule is C=C[C@@H]1CC[C@@H](C)N1c1ccc2cnc(Nc3cnn(CCF)c3C)nc2c1. The molecule has 146 valence electrons. The second-order valence-electron chi connectivity index (χ2n) is 7.25. The predicted octanol–water partition coefficient (Wildman–Crippen LogP) is 4.39. The Morgan fingerprint density at radius 3 is 2.96 bits per heavy atom. The molecule has 0 spiro atoms. The molecule has 3 aromatic rings. The zero-order valence-corrected chi connectivity index (χ0v) is 16.3. The Kier molecular flexibility index (Phi) is 4.98. The van der Waals surface area contributed by atoms with Gasteiger partial charge in [0, 0.05) is 29.4 Å². The highest BCUT2D eigenvalue weighted by Crippen LogP contribution is 2.32. The molecule has 2 aromatic heterocycles. The van der Waals surface area contributed by atoms with E-state index in [9.17, 15) is 4.39 Å². The summed E-state index contributed by atoms with van der Waals surface area (Å²) in [5.74, 6) is 0.502. The molecule has 0 unspecified atom stereocenters. The summed E-state index contributed by atoms with van der Waals surface area (Å²) >= 11 is 0. The molecule has 0 aliphatic carbocycles. The van der Waals surface area contributed by atoms with E-state index >= 15 is 0 Å². The molecule has 0 radical (unpaired) electrons. The van der Waals surface area contributed by atoms with Crippen molar-refractivity contribution in [3.63, 3.8) is 0 Å². The number of nitrogens with zero attached hydrogens (tertiary/aromatic N) is 5. The van der Waals surface area contributed by atoms with Crippen LogP contribution in [0.5, 0.6) is 0 Å². The van der Waals surface area contributed by atoms with Crippen molar-refractivity contribution in [2.75, 3.05) is 16.9 Å². The average molecular weight is 380 g/mol. The monoisotopic (exact) mass is 380 g/mol. The fourth-order valence-corrected chi connectivity index (χ4v) is 3.92. The molecule has 3 heterocycles. The zero-order valence-electron chi connectivity index (χ0n) is 16.3. The summed E-state index contributed by atoms with van der Waals surface area (Å²) in [7, 11) is 0. The number of nitrogens with one attached hydrogen (secondary N) is 1. The number of hydrogen-bond donors (Lipinski definition) is 1. The fraction of sp³-hybridized carbons (Fsp3) is 0.381. The Morgan fingerprint density at radius 2 is 2.18 bits per heavy atom. The predicted molar refractivity (Wildman–Crippen MR) is 111 cm³/mol. The van der Waals surface area contributed by atoms with Crippen molar-refractivity contribution in [2.45, 2.75) is 45.3 Å². The van der Waals surface area contributed by atoms with Crippen LogP contribution in [0.25, 0.3) is 10.9 Å². The largest absolute Gasteiger partial charge is 0.362 e. The van der Waals surface area contributed by atoms with Gasteiger partial charge in [0.25, 0.3) is 0 Å². The molecule has 0 saturated carbocycles. The van der Waals surface area contributed by atoms with E-state index in [0.717, 1.165) is 40.8 Å². The zero-order chi connectivity index (χ0) is 19.7. The maximum atomic E-state index is 12.6. The van der Waals surface area contributed by atoms with Crippen molar-refractivity contribution in [1.29, 1.82) is 0 Å². The fourth-order valence-electron chi connectivity index (χ4n) is 3.92. The highest BCUT2D eigenvalue weighted by Gasteiger charge is 2.28. The number of anilines is 3. The van der Waals surface area contributed by atoms with Gasteiger partial charge in [-0.25, -0.2) is 14.4 Å². The van der Waals surface area contributed by atoms with Crippen molar-refractivity contribution in [3.8, 4) is 0 Å². The van der Waals surface area contributed by atoms with Crippen LogP contribution >= 0.6 is 0 Å². The highest BCUT2D eigenvalue weighted by atomic mass is 19.1. The molecular weight excluding hydrogens is 355 g/mol. The van der Waals surface area contributed by atoms with Crippen LogP contribution < -0.4 is 10.2 Å². The normalized spacial score (nSPS) is 19.3. The van der Waals surface area contributed by atoms with Crippen LogP contribution in [0.3, 0.4) is 0 Å². The molecule has 1 fully saturated rings. The van der Waals surface area contributed by atoms with E-state index in [2.05, 4.69) is 57.0 Å². The van der Waals surface area contributed by atoms with Gasteiger partial charge in [0.2, 0.25) is 5.95 Å². The van der Waals surface area contributed by atoms with Crippen molar-refractivity contribution >= 4 is 28.2 Å². The van der Waals surface area contributed by atoms with Crippen LogP contribution in [0.1, 0.15) is 25.5 Å². The first-order valence-corrected chi connectivity index (χ1v) is 9.64. The van der Waals surface area contributed by atoms with Gasteiger partial charge in [0.05, 0.1) is 29.6 Å². The smallest absolute Gasteiger partial charge is 0.227 e. The average Bonchev–Trinajstić information content (AvgIpc) is 3.25. The molecule has 6 nitrogen and oxygen atoms in total. The lowest BCUT2D eigenvalue weighted by Gasteiger charge is -2.29. The van der Waals surface area contributed by atoms with Gasteiger partial charge >= 0.3 is 0 Å². The first-order chi connectivity index (χ1) is 13.6. The Bertz CT molecular complexity index is 998. The molecule has 4 rings (SSSR count). The Morgan fingerprint density at radius 1 is 1.32 bits per heavy atom.